The maximum Gasteiger partial charge on any atom is 0.328 e. The second-order valence-electron chi connectivity index (χ2n) is 9.69. The molecule has 7 nitrogen and oxygen atoms in total. The van der Waals surface area contributed by atoms with E-state index in [-0.39, 0.29) is 11.4 Å². The van der Waals surface area contributed by atoms with Gasteiger partial charge in [-0.1, -0.05) is 80.6 Å². The van der Waals surface area contributed by atoms with Crippen molar-refractivity contribution >= 4 is 39.3 Å². The van der Waals surface area contributed by atoms with Crippen molar-refractivity contribution in [3.8, 4) is 11.1 Å². The Hall–Kier alpha value is -4.08. The minimum absolute atomic E-state index is 0.0422. The molecule has 0 aromatic heterocycles. The van der Waals surface area contributed by atoms with Crippen LogP contribution < -0.4 is 9.62 Å². The summed E-state index contributed by atoms with van der Waals surface area (Å²) in [5, 5.41) is 2.85. The first kappa shape index (κ1) is 34.4. The van der Waals surface area contributed by atoms with Crippen molar-refractivity contribution in [3.63, 3.8) is 0 Å². The number of nitrogens with zero attached hydrogens (tertiary/aromatic N) is 1. The monoisotopic (exact) mass is 632 g/mol. The van der Waals surface area contributed by atoms with Gasteiger partial charge in [0.1, 0.15) is 6.04 Å². The van der Waals surface area contributed by atoms with Gasteiger partial charge in [-0.05, 0) is 84.0 Å². The Bertz CT molecular complexity index is 1630. The van der Waals surface area contributed by atoms with Crippen molar-refractivity contribution in [2.45, 2.75) is 44.7 Å². The number of rotatable bonds is 12. The molecule has 1 unspecified atom stereocenters. The van der Waals surface area contributed by atoms with E-state index in [1.807, 2.05) is 63.4 Å². The fourth-order valence-corrected chi connectivity index (χ4v) is 6.59. The first-order valence-corrected chi connectivity index (χ1v) is 17.3. The van der Waals surface area contributed by atoms with Gasteiger partial charge in [0.2, 0.25) is 0 Å². The van der Waals surface area contributed by atoms with Crippen molar-refractivity contribution < 1.29 is 22.7 Å². The molecule has 0 saturated heterocycles. The first-order valence-electron chi connectivity index (χ1n) is 14.5. The van der Waals surface area contributed by atoms with Crippen LogP contribution in [0.15, 0.2) is 108 Å². The van der Waals surface area contributed by atoms with Crippen LogP contribution in [-0.4, -0.2) is 45.5 Å². The number of hydrogen-bond donors (Lipinski definition) is 1. The second-order valence-corrected chi connectivity index (χ2v) is 12.5. The number of hydrogen-bond acceptors (Lipinski definition) is 6. The van der Waals surface area contributed by atoms with E-state index < -0.39 is 27.9 Å². The van der Waals surface area contributed by atoms with Crippen molar-refractivity contribution in [2.24, 2.45) is 0 Å². The van der Waals surface area contributed by atoms with Crippen LogP contribution in [-0.2, 0) is 26.1 Å². The predicted octanol–water partition coefficient (Wildman–Crippen LogP) is 7.11. The van der Waals surface area contributed by atoms with Crippen LogP contribution in [0, 0.1) is 6.92 Å². The number of thioether (sulfide) groups is 1. The molecule has 0 saturated carbocycles. The number of benzene rings is 4. The van der Waals surface area contributed by atoms with Crippen LogP contribution in [0.4, 0.5) is 5.69 Å². The van der Waals surface area contributed by atoms with Crippen molar-refractivity contribution in [1.29, 1.82) is 0 Å². The normalized spacial score (nSPS) is 11.5. The quantitative estimate of drug-likeness (QED) is 0.167. The van der Waals surface area contributed by atoms with Gasteiger partial charge in [0.15, 0.2) is 0 Å². The van der Waals surface area contributed by atoms with Gasteiger partial charge < -0.3 is 10.1 Å². The standard InChI is InChI=1S/C33H34N2O5S2.C2H6/c1-24-12-10-11-17-28(24)30-22-25(18-19-29(30)32(36)34-31(20-21-41-3)33(37)40-2)23-35(26-13-6-4-7-14-26)42(38,39)27-15-8-5-9-16-27;1-2/h4-19,22,31H,20-21,23H2,1-3H3,(H,34,36);1-2H3. The molecule has 4 aromatic rings. The van der Waals surface area contributed by atoms with Gasteiger partial charge in [0, 0.05) is 5.56 Å². The van der Waals surface area contributed by atoms with Crippen molar-refractivity contribution in [1.82, 2.24) is 5.32 Å². The minimum atomic E-state index is -3.90. The highest BCUT2D eigenvalue weighted by Crippen LogP contribution is 2.31. The van der Waals surface area contributed by atoms with Gasteiger partial charge in [-0.25, -0.2) is 13.2 Å². The molecule has 0 spiro atoms. The average molecular weight is 633 g/mol. The lowest BCUT2D eigenvalue weighted by atomic mass is 9.93. The zero-order valence-electron chi connectivity index (χ0n) is 25.8. The lowest BCUT2D eigenvalue weighted by Crippen LogP contribution is -2.42. The maximum atomic E-state index is 13.8. The lowest BCUT2D eigenvalue weighted by Gasteiger charge is -2.25. The summed E-state index contributed by atoms with van der Waals surface area (Å²) in [6, 6.07) is 29.4. The Morgan fingerprint density at radius 2 is 1.48 bits per heavy atom. The Labute approximate surface area is 265 Å². The highest BCUT2D eigenvalue weighted by molar-refractivity contribution is 7.98. The van der Waals surface area contributed by atoms with E-state index in [4.69, 9.17) is 4.74 Å². The molecule has 4 rings (SSSR count). The molecule has 0 radical (unpaired) electrons. The van der Waals surface area contributed by atoms with Gasteiger partial charge in [-0.3, -0.25) is 9.10 Å². The topological polar surface area (TPSA) is 92.8 Å². The van der Waals surface area contributed by atoms with Gasteiger partial charge in [-0.15, -0.1) is 0 Å². The number of para-hydroxylation sites is 1. The summed E-state index contributed by atoms with van der Waals surface area (Å²) >= 11 is 1.58. The van der Waals surface area contributed by atoms with Crippen molar-refractivity contribution in [2.75, 3.05) is 23.4 Å². The molecule has 0 bridgehead atoms. The third-order valence-corrected chi connectivity index (χ3v) is 9.30. The molecular formula is C35H40N2O5S2. The van der Waals surface area contributed by atoms with Crippen LogP contribution in [0.3, 0.4) is 0 Å². The summed E-state index contributed by atoms with van der Waals surface area (Å²) in [7, 11) is -2.60. The Morgan fingerprint density at radius 3 is 2.09 bits per heavy atom. The molecule has 0 aliphatic carbocycles. The maximum absolute atomic E-state index is 13.8. The Balaban J connectivity index is 0.00000259. The highest BCUT2D eigenvalue weighted by Gasteiger charge is 2.27. The molecule has 9 heteroatoms. The number of esters is 1. The Kier molecular flexibility index (Phi) is 13.0. The number of carbonyl (C=O) groups is 2. The molecule has 4 aromatic carbocycles. The fraction of sp³-hybridized carbons (Fsp3) is 0.257. The predicted molar refractivity (Wildman–Crippen MR) is 180 cm³/mol. The number of anilines is 1. The molecule has 1 N–H and O–H groups in total. The smallest absolute Gasteiger partial charge is 0.328 e. The van der Waals surface area contributed by atoms with E-state index in [1.54, 1.807) is 78.5 Å². The number of sulfonamides is 1. The number of methoxy groups -OCH3 is 1. The molecule has 0 aliphatic rings. The fourth-order valence-electron chi connectivity index (χ4n) is 4.64. The number of carbonyl (C=O) groups excluding carboxylic acids is 2. The molecule has 0 fully saturated rings. The Morgan fingerprint density at radius 1 is 0.864 bits per heavy atom. The first-order chi connectivity index (χ1) is 21.3. The molecule has 232 valence electrons. The summed E-state index contributed by atoms with van der Waals surface area (Å²) in [6.45, 7) is 6.00. The molecule has 44 heavy (non-hydrogen) atoms. The summed E-state index contributed by atoms with van der Waals surface area (Å²) in [4.78, 5) is 26.2. The SMILES string of the molecule is CC.COC(=O)C(CCSC)NC(=O)c1ccc(CN(c2ccccc2)S(=O)(=O)c2ccccc2)cc1-c1ccccc1C. The number of aryl methyl sites for hydroxylation is 1. The van der Waals surface area contributed by atoms with Crippen molar-refractivity contribution in [3.05, 3.63) is 120 Å². The third-order valence-electron chi connectivity index (χ3n) is 6.87. The van der Waals surface area contributed by atoms with E-state index in [0.717, 1.165) is 11.1 Å². The van der Waals surface area contributed by atoms with Gasteiger partial charge in [0.05, 0.1) is 24.2 Å². The molecule has 1 atom stereocenters. The second kappa shape index (κ2) is 16.7. The molecule has 0 aliphatic heterocycles. The van der Waals surface area contributed by atoms with Crippen LogP contribution in [0.5, 0.6) is 0 Å². The van der Waals surface area contributed by atoms with Crippen LogP contribution in [0.2, 0.25) is 0 Å². The number of amides is 1. The third kappa shape index (κ3) is 8.51. The summed E-state index contributed by atoms with van der Waals surface area (Å²) in [5.41, 5.74) is 4.02. The van der Waals surface area contributed by atoms with E-state index in [2.05, 4.69) is 5.32 Å². The van der Waals surface area contributed by atoms with E-state index >= 15 is 0 Å². The largest absolute Gasteiger partial charge is 0.467 e. The summed E-state index contributed by atoms with van der Waals surface area (Å²) in [6.07, 6.45) is 2.36. The van der Waals surface area contributed by atoms with Gasteiger partial charge in [0.25, 0.3) is 15.9 Å². The molecular weight excluding hydrogens is 593 g/mol. The zero-order valence-corrected chi connectivity index (χ0v) is 27.5. The highest BCUT2D eigenvalue weighted by atomic mass is 32.2. The van der Waals surface area contributed by atoms with Crippen LogP contribution in [0.25, 0.3) is 11.1 Å². The van der Waals surface area contributed by atoms with Crippen LogP contribution in [0.1, 0.15) is 41.8 Å². The average Bonchev–Trinajstić information content (AvgIpc) is 3.06. The zero-order chi connectivity index (χ0) is 32.1. The summed E-state index contributed by atoms with van der Waals surface area (Å²) < 4.78 is 34.0. The van der Waals surface area contributed by atoms with E-state index in [1.165, 1.54) is 11.4 Å². The van der Waals surface area contributed by atoms with Crippen LogP contribution >= 0.6 is 11.8 Å². The molecule has 1 amide bonds. The minimum Gasteiger partial charge on any atom is -0.467 e. The van der Waals surface area contributed by atoms with Gasteiger partial charge in [-0.2, -0.15) is 11.8 Å². The van der Waals surface area contributed by atoms with Gasteiger partial charge >= 0.3 is 5.97 Å². The molecule has 0 heterocycles. The van der Waals surface area contributed by atoms with E-state index in [9.17, 15) is 18.0 Å². The number of nitrogens with one attached hydrogen (secondary N) is 1. The number of ether oxygens (including phenoxy) is 1. The summed E-state index contributed by atoms with van der Waals surface area (Å²) in [5.74, 6) is -0.237. The van der Waals surface area contributed by atoms with E-state index in [0.29, 0.717) is 34.6 Å². The lowest BCUT2D eigenvalue weighted by molar-refractivity contribution is -0.142.